The van der Waals surface area contributed by atoms with E-state index in [2.05, 4.69) is 10.8 Å². The second kappa shape index (κ2) is 10.4. The third-order valence-electron chi connectivity index (χ3n) is 5.42. The van der Waals surface area contributed by atoms with E-state index in [9.17, 15) is 13.2 Å². The summed E-state index contributed by atoms with van der Waals surface area (Å²) in [5.41, 5.74) is 3.30. The highest BCUT2D eigenvalue weighted by Gasteiger charge is 2.17. The van der Waals surface area contributed by atoms with E-state index in [1.807, 2.05) is 16.7 Å². The number of ether oxygens (including phenoxy) is 1. The molecule has 0 saturated heterocycles. The molecule has 1 N–H and O–H groups in total. The molecule has 0 aliphatic carbocycles. The fraction of sp³-hybridized carbons (Fsp3) is 0.192. The van der Waals surface area contributed by atoms with Crippen LogP contribution in [0.2, 0.25) is 0 Å². The number of imidazole rings is 1. The number of aromatic nitrogens is 2. The Hall–Kier alpha value is -4.16. The third-order valence-corrected chi connectivity index (χ3v) is 6.82. The standard InChI is InChI=1S/C26H24N4O4S/c1-2-34-26(31)14-15-30-24-13-12-21(29-35(32,33)22-6-4-3-5-7-22)17-23(24)28-25(30)16-19-8-10-20(18-27)11-9-19/h3-13,17,29H,2,14-16H2,1H3. The zero-order valence-electron chi connectivity index (χ0n) is 19.1. The average molecular weight is 489 g/mol. The highest BCUT2D eigenvalue weighted by molar-refractivity contribution is 7.92. The maximum Gasteiger partial charge on any atom is 0.307 e. The monoisotopic (exact) mass is 488 g/mol. The van der Waals surface area contributed by atoms with Gasteiger partial charge in [-0.1, -0.05) is 30.3 Å². The van der Waals surface area contributed by atoms with Crippen molar-refractivity contribution in [2.75, 3.05) is 11.3 Å². The summed E-state index contributed by atoms with van der Waals surface area (Å²) in [4.78, 5) is 16.9. The van der Waals surface area contributed by atoms with Crippen molar-refractivity contribution in [3.05, 3.63) is 89.7 Å². The van der Waals surface area contributed by atoms with Gasteiger partial charge < -0.3 is 9.30 Å². The van der Waals surface area contributed by atoms with Gasteiger partial charge in [-0.3, -0.25) is 9.52 Å². The molecule has 0 fully saturated rings. The Morgan fingerprint density at radius 1 is 1.09 bits per heavy atom. The summed E-state index contributed by atoms with van der Waals surface area (Å²) in [6.07, 6.45) is 0.663. The molecule has 4 aromatic rings. The number of sulfonamides is 1. The molecule has 0 saturated carbocycles. The first-order valence-electron chi connectivity index (χ1n) is 11.1. The number of nitrogens with zero attached hydrogens (tertiary/aromatic N) is 3. The summed E-state index contributed by atoms with van der Waals surface area (Å²) in [5.74, 6) is 0.419. The predicted octanol–water partition coefficient (Wildman–Crippen LogP) is 4.25. The molecule has 0 radical (unpaired) electrons. The largest absolute Gasteiger partial charge is 0.466 e. The number of carbonyl (C=O) groups is 1. The van der Waals surface area contributed by atoms with Gasteiger partial charge in [-0.05, 0) is 55.0 Å². The van der Waals surface area contributed by atoms with Crippen molar-refractivity contribution in [1.29, 1.82) is 5.26 Å². The van der Waals surface area contributed by atoms with Crippen molar-refractivity contribution >= 4 is 32.7 Å². The number of anilines is 1. The van der Waals surface area contributed by atoms with E-state index in [0.29, 0.717) is 36.3 Å². The van der Waals surface area contributed by atoms with Crippen LogP contribution in [0.4, 0.5) is 5.69 Å². The maximum atomic E-state index is 12.7. The highest BCUT2D eigenvalue weighted by Crippen LogP contribution is 2.25. The number of nitriles is 1. The molecule has 0 aliphatic rings. The van der Waals surface area contributed by atoms with Gasteiger partial charge in [0.1, 0.15) is 5.82 Å². The van der Waals surface area contributed by atoms with Gasteiger partial charge in [0.2, 0.25) is 0 Å². The summed E-state index contributed by atoms with van der Waals surface area (Å²) in [6.45, 7) is 2.45. The van der Waals surface area contributed by atoms with Gasteiger partial charge >= 0.3 is 5.97 Å². The van der Waals surface area contributed by atoms with E-state index < -0.39 is 10.0 Å². The number of hydrogen-bond acceptors (Lipinski definition) is 6. The zero-order chi connectivity index (χ0) is 24.8. The van der Waals surface area contributed by atoms with Gasteiger partial charge in [0.15, 0.2) is 0 Å². The second-order valence-corrected chi connectivity index (χ2v) is 9.52. The van der Waals surface area contributed by atoms with Gasteiger partial charge in [0.05, 0.1) is 46.3 Å². The van der Waals surface area contributed by atoms with Crippen molar-refractivity contribution in [3.63, 3.8) is 0 Å². The minimum atomic E-state index is -3.74. The van der Waals surface area contributed by atoms with Crippen molar-refractivity contribution in [2.24, 2.45) is 0 Å². The van der Waals surface area contributed by atoms with Crippen LogP contribution in [0.5, 0.6) is 0 Å². The molecule has 1 heterocycles. The molecule has 0 unspecified atom stereocenters. The van der Waals surface area contributed by atoms with Gasteiger partial charge in [-0.2, -0.15) is 5.26 Å². The van der Waals surface area contributed by atoms with Gasteiger partial charge in [-0.25, -0.2) is 13.4 Å². The molecular weight excluding hydrogens is 464 g/mol. The number of aryl methyl sites for hydroxylation is 1. The van der Waals surface area contributed by atoms with E-state index in [-0.39, 0.29) is 17.3 Å². The molecule has 4 rings (SSSR count). The Labute approximate surface area is 203 Å². The van der Waals surface area contributed by atoms with Crippen LogP contribution >= 0.6 is 0 Å². The first-order chi connectivity index (χ1) is 16.9. The lowest BCUT2D eigenvalue weighted by molar-refractivity contribution is -0.143. The van der Waals surface area contributed by atoms with Crippen LogP contribution in [0.15, 0.2) is 77.7 Å². The molecular formula is C26H24N4O4S. The van der Waals surface area contributed by atoms with Crippen LogP contribution in [-0.2, 0) is 32.5 Å². The number of carbonyl (C=O) groups excluding carboxylic acids is 1. The fourth-order valence-corrected chi connectivity index (χ4v) is 4.83. The number of hydrogen-bond donors (Lipinski definition) is 1. The van der Waals surface area contributed by atoms with Crippen molar-refractivity contribution in [2.45, 2.75) is 31.2 Å². The normalized spacial score (nSPS) is 11.2. The van der Waals surface area contributed by atoms with Crippen LogP contribution < -0.4 is 4.72 Å². The average Bonchev–Trinajstić information content (AvgIpc) is 3.19. The number of rotatable bonds is 9. The summed E-state index contributed by atoms with van der Waals surface area (Å²) in [7, 11) is -3.74. The molecule has 0 atom stereocenters. The lowest BCUT2D eigenvalue weighted by Crippen LogP contribution is -2.13. The summed E-state index contributed by atoms with van der Waals surface area (Å²) in [5, 5.41) is 9.04. The van der Waals surface area contributed by atoms with Crippen molar-refractivity contribution < 1.29 is 17.9 Å². The van der Waals surface area contributed by atoms with Crippen LogP contribution in [0, 0.1) is 11.3 Å². The first kappa shape index (κ1) is 24.0. The predicted molar refractivity (Wildman–Crippen MR) is 132 cm³/mol. The highest BCUT2D eigenvalue weighted by atomic mass is 32.2. The molecule has 9 heteroatoms. The molecule has 0 spiro atoms. The Bertz CT molecular complexity index is 1490. The Morgan fingerprint density at radius 3 is 2.51 bits per heavy atom. The molecule has 35 heavy (non-hydrogen) atoms. The molecule has 0 amide bonds. The Kier molecular flexibility index (Phi) is 7.13. The van der Waals surface area contributed by atoms with Gasteiger partial charge in [0, 0.05) is 13.0 Å². The second-order valence-electron chi connectivity index (χ2n) is 7.84. The molecule has 8 nitrogen and oxygen atoms in total. The molecule has 0 aliphatic heterocycles. The van der Waals surface area contributed by atoms with Crippen LogP contribution in [0.3, 0.4) is 0 Å². The Morgan fingerprint density at radius 2 is 1.83 bits per heavy atom. The lowest BCUT2D eigenvalue weighted by Gasteiger charge is -2.10. The maximum absolute atomic E-state index is 12.7. The number of fused-ring (bicyclic) bond motifs is 1. The summed E-state index contributed by atoms with van der Waals surface area (Å²) >= 11 is 0. The van der Waals surface area contributed by atoms with Crippen molar-refractivity contribution in [3.8, 4) is 6.07 Å². The smallest absolute Gasteiger partial charge is 0.307 e. The SMILES string of the molecule is CCOC(=O)CCn1c(Cc2ccc(C#N)cc2)nc2cc(NS(=O)(=O)c3ccccc3)ccc21. The van der Waals surface area contributed by atoms with E-state index in [1.165, 1.54) is 12.1 Å². The van der Waals surface area contributed by atoms with Crippen LogP contribution in [0.25, 0.3) is 11.0 Å². The van der Waals surface area contributed by atoms with Crippen LogP contribution in [-0.4, -0.2) is 30.5 Å². The third kappa shape index (κ3) is 5.67. The van der Waals surface area contributed by atoms with Crippen molar-refractivity contribution in [1.82, 2.24) is 9.55 Å². The number of nitrogens with one attached hydrogen (secondary N) is 1. The molecule has 3 aromatic carbocycles. The van der Waals surface area contributed by atoms with E-state index >= 15 is 0 Å². The van der Waals surface area contributed by atoms with E-state index in [4.69, 9.17) is 15.0 Å². The summed E-state index contributed by atoms with van der Waals surface area (Å²) in [6, 6.07) is 22.6. The molecule has 1 aromatic heterocycles. The quantitative estimate of drug-likeness (QED) is 0.352. The number of esters is 1. The van der Waals surface area contributed by atoms with Gasteiger partial charge in [0.25, 0.3) is 10.0 Å². The van der Waals surface area contributed by atoms with E-state index in [1.54, 1.807) is 55.5 Å². The topological polar surface area (TPSA) is 114 Å². The zero-order valence-corrected chi connectivity index (χ0v) is 20.0. The minimum absolute atomic E-state index is 0.168. The molecule has 0 bridgehead atoms. The Balaban J connectivity index is 1.67. The summed E-state index contributed by atoms with van der Waals surface area (Å²) < 4.78 is 35.1. The number of benzene rings is 3. The minimum Gasteiger partial charge on any atom is -0.466 e. The molecule has 178 valence electrons. The first-order valence-corrected chi connectivity index (χ1v) is 12.6. The van der Waals surface area contributed by atoms with Crippen LogP contribution in [0.1, 0.15) is 30.3 Å². The fourth-order valence-electron chi connectivity index (χ4n) is 3.76. The lowest BCUT2D eigenvalue weighted by atomic mass is 10.1. The van der Waals surface area contributed by atoms with E-state index in [0.717, 1.165) is 16.9 Å². The van der Waals surface area contributed by atoms with Gasteiger partial charge in [-0.15, -0.1) is 0 Å².